The summed E-state index contributed by atoms with van der Waals surface area (Å²) in [6, 6.07) is 0. The van der Waals surface area contributed by atoms with Crippen LogP contribution in [0, 0.1) is 11.8 Å². The Kier molecular flexibility index (Phi) is 16.5. The fraction of sp³-hybridized carbons (Fsp3) is 0.750. The summed E-state index contributed by atoms with van der Waals surface area (Å²) < 4.78 is 0. The Morgan fingerprint density at radius 1 is 0.684 bits per heavy atom. The summed E-state index contributed by atoms with van der Waals surface area (Å²) in [4.78, 5) is 71.6. The molecular formula is C24H42N6O6S2. The first-order chi connectivity index (χ1) is 18.1. The van der Waals surface area contributed by atoms with Crippen molar-refractivity contribution in [2.24, 2.45) is 11.8 Å². The minimum Gasteiger partial charge on any atom is -0.358 e. The highest BCUT2D eigenvalue weighted by Gasteiger charge is 2.28. The molecule has 2 heterocycles. The third-order valence-corrected chi connectivity index (χ3v) is 7.89. The third-order valence-electron chi connectivity index (χ3n) is 6.03. The van der Waals surface area contributed by atoms with Gasteiger partial charge in [0, 0.05) is 65.2 Å². The number of hydrogen-bond acceptors (Lipinski definition) is 8. The summed E-state index contributed by atoms with van der Waals surface area (Å²) in [7, 11) is 3.13. The van der Waals surface area contributed by atoms with Gasteiger partial charge in [-0.1, -0.05) is 13.8 Å². The van der Waals surface area contributed by atoms with Gasteiger partial charge in [-0.15, -0.1) is 23.5 Å². The van der Waals surface area contributed by atoms with Gasteiger partial charge in [-0.2, -0.15) is 0 Å². The van der Waals surface area contributed by atoms with E-state index in [1.165, 1.54) is 23.5 Å². The van der Waals surface area contributed by atoms with E-state index in [1.807, 2.05) is 13.8 Å². The second-order valence-corrected chi connectivity index (χ2v) is 11.0. The van der Waals surface area contributed by atoms with Crippen LogP contribution >= 0.6 is 23.5 Å². The number of thioether (sulfide) groups is 2. The number of nitrogens with zero attached hydrogens (tertiary/aromatic N) is 2. The molecule has 14 heteroatoms. The maximum Gasteiger partial charge on any atom is 0.230 e. The van der Waals surface area contributed by atoms with Crippen LogP contribution in [0.2, 0.25) is 0 Å². The lowest BCUT2D eigenvalue weighted by Crippen LogP contribution is -2.37. The molecular weight excluding hydrogens is 532 g/mol. The van der Waals surface area contributed by atoms with Crippen LogP contribution in [0.3, 0.4) is 0 Å². The molecule has 0 unspecified atom stereocenters. The highest BCUT2D eigenvalue weighted by Crippen LogP contribution is 2.16. The molecule has 2 rings (SSSR count). The van der Waals surface area contributed by atoms with E-state index in [9.17, 15) is 28.8 Å². The molecule has 12 nitrogen and oxygen atoms in total. The van der Waals surface area contributed by atoms with E-state index in [1.54, 1.807) is 23.9 Å². The van der Waals surface area contributed by atoms with E-state index in [4.69, 9.17) is 0 Å². The van der Waals surface area contributed by atoms with Crippen molar-refractivity contribution in [1.29, 1.82) is 0 Å². The zero-order valence-electron chi connectivity index (χ0n) is 22.8. The van der Waals surface area contributed by atoms with Crippen molar-refractivity contribution >= 4 is 59.0 Å². The van der Waals surface area contributed by atoms with Crippen LogP contribution in [0.4, 0.5) is 0 Å². The summed E-state index contributed by atoms with van der Waals surface area (Å²) >= 11 is 2.55. The number of amides is 6. The number of carbonyl (C=O) groups is 6. The van der Waals surface area contributed by atoms with Gasteiger partial charge in [-0.3, -0.25) is 28.8 Å². The fourth-order valence-electron chi connectivity index (χ4n) is 3.61. The van der Waals surface area contributed by atoms with Gasteiger partial charge >= 0.3 is 0 Å². The highest BCUT2D eigenvalue weighted by atomic mass is 32.2. The second-order valence-electron chi connectivity index (χ2n) is 9.06. The predicted octanol–water partition coefficient (Wildman–Crippen LogP) is -1.10. The SMILES string of the molecule is CNC(=O)CSCC(=O)NCCN1CC[C@@H](C)C1=O.CNC(=O)CSCC(=O)NCCN1CC[C@H](C)C1=O. The first-order valence-corrected chi connectivity index (χ1v) is 15.1. The summed E-state index contributed by atoms with van der Waals surface area (Å²) in [5.74, 6) is 1.27. The molecule has 2 saturated heterocycles. The molecule has 0 aromatic rings. The number of carbonyl (C=O) groups excluding carboxylic acids is 6. The molecule has 2 aliphatic rings. The first kappa shape index (κ1) is 33.5. The lowest BCUT2D eigenvalue weighted by atomic mass is 10.1. The fourth-order valence-corrected chi connectivity index (χ4v) is 5.05. The van der Waals surface area contributed by atoms with Gasteiger partial charge in [-0.25, -0.2) is 0 Å². The highest BCUT2D eigenvalue weighted by molar-refractivity contribution is 8.00. The lowest BCUT2D eigenvalue weighted by molar-refractivity contribution is -0.131. The molecule has 0 bridgehead atoms. The van der Waals surface area contributed by atoms with Crippen LogP contribution in [0.5, 0.6) is 0 Å². The van der Waals surface area contributed by atoms with Crippen molar-refractivity contribution in [2.75, 3.05) is 76.4 Å². The Bertz CT molecular complexity index is 764. The summed E-state index contributed by atoms with van der Waals surface area (Å²) in [6.07, 6.45) is 1.80. The van der Waals surface area contributed by atoms with Gasteiger partial charge in [0.1, 0.15) is 0 Å². The molecule has 2 aliphatic heterocycles. The normalized spacial score (nSPS) is 18.5. The zero-order chi connectivity index (χ0) is 28.5. The minimum atomic E-state index is -0.103. The Morgan fingerprint density at radius 3 is 1.32 bits per heavy atom. The van der Waals surface area contributed by atoms with Gasteiger partial charge in [0.05, 0.1) is 23.0 Å². The van der Waals surface area contributed by atoms with Crippen molar-refractivity contribution < 1.29 is 28.8 Å². The van der Waals surface area contributed by atoms with E-state index in [2.05, 4.69) is 21.3 Å². The molecule has 0 aromatic carbocycles. The van der Waals surface area contributed by atoms with Gasteiger partial charge < -0.3 is 31.1 Å². The van der Waals surface area contributed by atoms with Gasteiger partial charge in [0.25, 0.3) is 0 Å². The van der Waals surface area contributed by atoms with Crippen molar-refractivity contribution in [1.82, 2.24) is 31.1 Å². The van der Waals surface area contributed by atoms with Crippen molar-refractivity contribution in [3.05, 3.63) is 0 Å². The monoisotopic (exact) mass is 574 g/mol. The van der Waals surface area contributed by atoms with Gasteiger partial charge in [0.15, 0.2) is 0 Å². The zero-order valence-corrected chi connectivity index (χ0v) is 24.4. The minimum absolute atomic E-state index is 0.0885. The van der Waals surface area contributed by atoms with Crippen LogP contribution in [-0.2, 0) is 28.8 Å². The van der Waals surface area contributed by atoms with Crippen LogP contribution < -0.4 is 21.3 Å². The quantitative estimate of drug-likeness (QED) is 0.204. The average molecular weight is 575 g/mol. The summed E-state index contributed by atoms with van der Waals surface area (Å²) in [6.45, 7) is 7.48. The predicted molar refractivity (Wildman–Crippen MR) is 150 cm³/mol. The molecule has 2 atom stereocenters. The molecule has 0 spiro atoms. The molecule has 6 amide bonds. The van der Waals surface area contributed by atoms with Gasteiger partial charge in [0.2, 0.25) is 35.4 Å². The summed E-state index contributed by atoms with van der Waals surface area (Å²) in [5.41, 5.74) is 0. The van der Waals surface area contributed by atoms with Crippen molar-refractivity contribution in [2.45, 2.75) is 26.7 Å². The van der Waals surface area contributed by atoms with Crippen LogP contribution in [0.1, 0.15) is 26.7 Å². The Balaban J connectivity index is 0.000000380. The molecule has 4 N–H and O–H groups in total. The Morgan fingerprint density at radius 2 is 1.03 bits per heavy atom. The smallest absolute Gasteiger partial charge is 0.230 e. The molecule has 216 valence electrons. The number of rotatable bonds is 14. The van der Waals surface area contributed by atoms with Gasteiger partial charge in [-0.05, 0) is 12.8 Å². The number of nitrogens with one attached hydrogen (secondary N) is 4. The van der Waals surface area contributed by atoms with Crippen molar-refractivity contribution in [3.63, 3.8) is 0 Å². The van der Waals surface area contributed by atoms with Crippen molar-refractivity contribution in [3.8, 4) is 0 Å². The largest absolute Gasteiger partial charge is 0.358 e. The number of hydrogen-bond donors (Lipinski definition) is 4. The standard InChI is InChI=1S/2C12H21N3O3S/c2*1-9-3-5-15(12(9)18)6-4-14-11(17)8-19-7-10(16)13-2/h2*9H,3-8H2,1-2H3,(H,13,16)(H,14,17)/t2*9-/m10/s1. The third kappa shape index (κ3) is 13.4. The maximum atomic E-state index is 11.6. The lowest BCUT2D eigenvalue weighted by Gasteiger charge is -2.16. The summed E-state index contributed by atoms with van der Waals surface area (Å²) in [5, 5.41) is 10.5. The van der Waals surface area contributed by atoms with E-state index in [-0.39, 0.29) is 70.3 Å². The van der Waals surface area contributed by atoms with Crippen LogP contribution in [0.25, 0.3) is 0 Å². The number of likely N-dealkylation sites (tertiary alicyclic amines) is 2. The molecule has 0 saturated carbocycles. The Labute approximate surface area is 233 Å². The Hall–Kier alpha value is -2.48. The molecule has 38 heavy (non-hydrogen) atoms. The maximum absolute atomic E-state index is 11.6. The van der Waals surface area contributed by atoms with E-state index >= 15 is 0 Å². The molecule has 0 radical (unpaired) electrons. The first-order valence-electron chi connectivity index (χ1n) is 12.8. The van der Waals surface area contributed by atoms with E-state index in [0.717, 1.165) is 25.9 Å². The van der Waals surface area contributed by atoms with E-state index < -0.39 is 0 Å². The average Bonchev–Trinajstić information content (AvgIpc) is 3.39. The second kappa shape index (κ2) is 18.7. The topological polar surface area (TPSA) is 157 Å². The molecule has 0 aromatic heterocycles. The molecule has 0 aliphatic carbocycles. The molecule has 2 fully saturated rings. The van der Waals surface area contributed by atoms with Crippen LogP contribution in [-0.4, -0.2) is 122 Å². The van der Waals surface area contributed by atoms with Crippen LogP contribution in [0.15, 0.2) is 0 Å². The van der Waals surface area contributed by atoms with E-state index in [0.29, 0.717) is 26.2 Å².